The van der Waals surface area contributed by atoms with Crippen molar-refractivity contribution in [1.29, 1.82) is 5.26 Å². The molecule has 0 radical (unpaired) electrons. The van der Waals surface area contributed by atoms with E-state index in [0.29, 0.717) is 6.54 Å². The number of nitriles is 1. The number of nitrogens with one attached hydrogen (secondary N) is 1. The molecule has 1 aromatic heterocycles. The summed E-state index contributed by atoms with van der Waals surface area (Å²) in [4.78, 5) is 11.7. The maximum Gasteiger partial charge on any atom is 0.307 e. The van der Waals surface area contributed by atoms with Gasteiger partial charge in [-0.3, -0.25) is 9.48 Å². The van der Waals surface area contributed by atoms with Crippen LogP contribution in [0.5, 0.6) is 5.88 Å². The molecule has 0 aliphatic carbocycles. The van der Waals surface area contributed by atoms with Gasteiger partial charge in [-0.15, -0.1) is 5.10 Å². The van der Waals surface area contributed by atoms with Crippen molar-refractivity contribution in [2.24, 2.45) is 0 Å². The summed E-state index contributed by atoms with van der Waals surface area (Å²) in [6, 6.07) is 1.75. The van der Waals surface area contributed by atoms with Crippen LogP contribution in [-0.2, 0) is 16.7 Å². The molecule has 1 aromatic rings. The van der Waals surface area contributed by atoms with Crippen molar-refractivity contribution in [2.45, 2.75) is 19.9 Å². The summed E-state index contributed by atoms with van der Waals surface area (Å²) in [6.07, 6.45) is 3.01. The summed E-state index contributed by atoms with van der Waals surface area (Å²) in [5.74, 6) is -0.894. The van der Waals surface area contributed by atoms with E-state index < -0.39 is 16.0 Å². The van der Waals surface area contributed by atoms with Crippen molar-refractivity contribution in [1.82, 2.24) is 15.1 Å². The molecule has 0 atom stereocenters. The second kappa shape index (κ2) is 6.19. The highest BCUT2D eigenvalue weighted by atomic mass is 32.2. The first-order chi connectivity index (χ1) is 8.87. The van der Waals surface area contributed by atoms with Gasteiger partial charge in [0.2, 0.25) is 0 Å². The van der Waals surface area contributed by atoms with Crippen LogP contribution in [0.1, 0.15) is 23.7 Å². The smallest absolute Gasteiger partial charge is 0.307 e. The minimum absolute atomic E-state index is 0.0193. The quantitative estimate of drug-likeness (QED) is 0.576. The number of amides is 1. The van der Waals surface area contributed by atoms with Crippen LogP contribution in [0.25, 0.3) is 0 Å². The van der Waals surface area contributed by atoms with Crippen LogP contribution in [0, 0.1) is 11.3 Å². The van der Waals surface area contributed by atoms with E-state index >= 15 is 0 Å². The number of hydrogen-bond donors (Lipinski definition) is 1. The van der Waals surface area contributed by atoms with Gasteiger partial charge in [-0.2, -0.15) is 13.7 Å². The number of aryl methyl sites for hydroxylation is 1. The van der Waals surface area contributed by atoms with Gasteiger partial charge < -0.3 is 9.50 Å². The first kappa shape index (κ1) is 15.0. The fraction of sp³-hybridized carbons (Fsp3) is 0.500. The second-order valence-corrected chi connectivity index (χ2v) is 5.31. The summed E-state index contributed by atoms with van der Waals surface area (Å²) in [5, 5.41) is 14.6. The van der Waals surface area contributed by atoms with Gasteiger partial charge in [0.1, 0.15) is 12.1 Å². The molecule has 0 saturated heterocycles. The molecule has 9 heteroatoms. The monoisotopic (exact) mass is 286 g/mol. The Bertz CT molecular complexity index is 600. The first-order valence-corrected chi connectivity index (χ1v) is 7.31. The number of nitrogens with zero attached hydrogens (tertiary/aromatic N) is 3. The Balaban J connectivity index is 3.05. The molecular weight excluding hydrogens is 272 g/mol. The number of carbonyl (C=O) groups excluding carboxylic acids is 1. The van der Waals surface area contributed by atoms with E-state index in [9.17, 15) is 13.2 Å². The molecule has 0 unspecified atom stereocenters. The van der Waals surface area contributed by atoms with E-state index in [1.54, 1.807) is 6.07 Å². The molecule has 0 bridgehead atoms. The zero-order valence-corrected chi connectivity index (χ0v) is 11.4. The van der Waals surface area contributed by atoms with Gasteiger partial charge in [-0.1, -0.05) is 6.92 Å². The Morgan fingerprint density at radius 3 is 2.84 bits per heavy atom. The number of hydrogen-bond acceptors (Lipinski definition) is 6. The standard InChI is InChI=1S/C10H14N4O4S/c1-3-6-14-7-8(9(15)12-5-4-11)10(13-14)18-19(2,16)17/h7H,3,5-6H2,1-2H3,(H,12,15). The van der Waals surface area contributed by atoms with Gasteiger partial charge in [-0.25, -0.2) is 0 Å². The molecule has 0 spiro atoms. The summed E-state index contributed by atoms with van der Waals surface area (Å²) in [7, 11) is -3.78. The lowest BCUT2D eigenvalue weighted by Gasteiger charge is -2.01. The zero-order chi connectivity index (χ0) is 14.5. The van der Waals surface area contributed by atoms with Gasteiger partial charge in [-0.05, 0) is 6.42 Å². The molecule has 0 aliphatic heterocycles. The van der Waals surface area contributed by atoms with Crippen LogP contribution in [0.2, 0.25) is 0 Å². The maximum absolute atomic E-state index is 11.7. The van der Waals surface area contributed by atoms with Crippen molar-refractivity contribution in [3.63, 3.8) is 0 Å². The van der Waals surface area contributed by atoms with Crippen LogP contribution in [0.4, 0.5) is 0 Å². The molecule has 1 N–H and O–H groups in total. The van der Waals surface area contributed by atoms with Gasteiger partial charge >= 0.3 is 10.1 Å². The van der Waals surface area contributed by atoms with E-state index in [1.165, 1.54) is 10.9 Å². The first-order valence-electron chi connectivity index (χ1n) is 5.49. The zero-order valence-electron chi connectivity index (χ0n) is 10.6. The Morgan fingerprint density at radius 2 is 2.32 bits per heavy atom. The predicted octanol–water partition coefficient (Wildman–Crippen LogP) is -0.115. The summed E-state index contributed by atoms with van der Waals surface area (Å²) in [5.41, 5.74) is -0.0193. The molecule has 104 valence electrons. The lowest BCUT2D eigenvalue weighted by molar-refractivity contribution is 0.0957. The van der Waals surface area contributed by atoms with Gasteiger partial charge in [0.05, 0.1) is 12.3 Å². The Morgan fingerprint density at radius 1 is 1.63 bits per heavy atom. The third kappa shape index (κ3) is 4.59. The lowest BCUT2D eigenvalue weighted by atomic mass is 10.3. The molecule has 0 aliphatic rings. The van der Waals surface area contributed by atoms with Crippen LogP contribution in [0.15, 0.2) is 6.20 Å². The second-order valence-electron chi connectivity index (χ2n) is 3.74. The van der Waals surface area contributed by atoms with Crippen molar-refractivity contribution in [3.05, 3.63) is 11.8 Å². The van der Waals surface area contributed by atoms with Crippen LogP contribution >= 0.6 is 0 Å². The molecular formula is C10H14N4O4S. The van der Waals surface area contributed by atoms with E-state index in [-0.39, 0.29) is 18.0 Å². The molecule has 0 fully saturated rings. The van der Waals surface area contributed by atoms with E-state index in [4.69, 9.17) is 5.26 Å². The van der Waals surface area contributed by atoms with Crippen molar-refractivity contribution >= 4 is 16.0 Å². The van der Waals surface area contributed by atoms with Crippen molar-refractivity contribution in [2.75, 3.05) is 12.8 Å². The third-order valence-corrected chi connectivity index (χ3v) is 2.44. The lowest BCUT2D eigenvalue weighted by Crippen LogP contribution is -2.24. The van der Waals surface area contributed by atoms with Crippen LogP contribution < -0.4 is 9.50 Å². The minimum Gasteiger partial charge on any atom is -0.359 e. The fourth-order valence-electron chi connectivity index (χ4n) is 1.32. The highest BCUT2D eigenvalue weighted by Gasteiger charge is 2.20. The maximum atomic E-state index is 11.7. The average Bonchev–Trinajstić information content (AvgIpc) is 2.67. The van der Waals surface area contributed by atoms with Crippen LogP contribution in [0.3, 0.4) is 0 Å². The Kier molecular flexibility index (Phi) is 4.88. The number of aromatic nitrogens is 2. The Labute approximate surface area is 111 Å². The third-order valence-electron chi connectivity index (χ3n) is 1.98. The SMILES string of the molecule is CCCn1cc(C(=O)NCC#N)c(OS(C)(=O)=O)n1. The molecule has 0 saturated carbocycles. The number of rotatable bonds is 6. The summed E-state index contributed by atoms with van der Waals surface area (Å²) < 4.78 is 28.3. The highest BCUT2D eigenvalue weighted by Crippen LogP contribution is 2.17. The van der Waals surface area contributed by atoms with Gasteiger partial charge in [0.15, 0.2) is 0 Å². The predicted molar refractivity (Wildman–Crippen MR) is 65.9 cm³/mol. The number of carbonyl (C=O) groups is 1. The average molecular weight is 286 g/mol. The normalized spacial score (nSPS) is 10.8. The molecule has 19 heavy (non-hydrogen) atoms. The van der Waals surface area contributed by atoms with Gasteiger partial charge in [0.25, 0.3) is 11.8 Å². The van der Waals surface area contributed by atoms with Gasteiger partial charge in [0, 0.05) is 12.7 Å². The minimum atomic E-state index is -3.78. The van der Waals surface area contributed by atoms with Crippen molar-refractivity contribution in [3.8, 4) is 11.9 Å². The summed E-state index contributed by atoms with van der Waals surface area (Å²) in [6.45, 7) is 2.25. The summed E-state index contributed by atoms with van der Waals surface area (Å²) >= 11 is 0. The van der Waals surface area contributed by atoms with E-state index in [2.05, 4.69) is 14.6 Å². The van der Waals surface area contributed by atoms with Crippen LogP contribution in [-0.4, -0.2) is 36.9 Å². The molecule has 0 aromatic carbocycles. The Hall–Kier alpha value is -2.08. The van der Waals surface area contributed by atoms with E-state index in [1.807, 2.05) is 6.92 Å². The topological polar surface area (TPSA) is 114 Å². The molecule has 1 amide bonds. The fourth-order valence-corrected chi connectivity index (χ4v) is 1.73. The van der Waals surface area contributed by atoms with E-state index in [0.717, 1.165) is 12.7 Å². The molecule has 8 nitrogen and oxygen atoms in total. The molecule has 1 rings (SSSR count). The molecule has 1 heterocycles. The largest absolute Gasteiger partial charge is 0.359 e. The van der Waals surface area contributed by atoms with Crippen molar-refractivity contribution < 1.29 is 17.4 Å². The highest BCUT2D eigenvalue weighted by molar-refractivity contribution is 7.86.